The molecule has 0 saturated carbocycles. The lowest BCUT2D eigenvalue weighted by atomic mass is 10.3. The molecule has 0 radical (unpaired) electrons. The van der Waals surface area contributed by atoms with Crippen LogP contribution in [-0.4, -0.2) is 38.2 Å². The normalized spacial score (nSPS) is 10.5. The van der Waals surface area contributed by atoms with Gasteiger partial charge in [-0.2, -0.15) is 0 Å². The molecule has 1 N–H and O–H groups in total. The molecule has 106 valence electrons. The summed E-state index contributed by atoms with van der Waals surface area (Å²) in [6.45, 7) is 2.15. The van der Waals surface area contributed by atoms with E-state index in [1.807, 2.05) is 0 Å². The van der Waals surface area contributed by atoms with Crippen molar-refractivity contribution in [2.45, 2.75) is 12.1 Å². The van der Waals surface area contributed by atoms with E-state index in [9.17, 15) is 9.18 Å². The Morgan fingerprint density at radius 1 is 1.55 bits per heavy atom. The van der Waals surface area contributed by atoms with Crippen LogP contribution in [0.4, 0.5) is 4.39 Å². The smallest absolute Gasteiger partial charge is 0.313 e. The maximum absolute atomic E-state index is 13.8. The van der Waals surface area contributed by atoms with Crippen molar-refractivity contribution in [3.8, 4) is 11.4 Å². The molecule has 0 spiro atoms. The van der Waals surface area contributed by atoms with E-state index in [4.69, 9.17) is 9.84 Å². The highest BCUT2D eigenvalue weighted by Gasteiger charge is 2.11. The molecule has 0 saturated heterocycles. The number of carboxylic acid groups (broad SMARTS) is 1. The third-order valence-electron chi connectivity index (χ3n) is 2.33. The Hall–Kier alpha value is -2.09. The Balaban J connectivity index is 2.25. The Morgan fingerprint density at radius 2 is 2.35 bits per heavy atom. The number of carbonyl (C=O) groups is 1. The van der Waals surface area contributed by atoms with Gasteiger partial charge in [0.15, 0.2) is 16.7 Å². The van der Waals surface area contributed by atoms with Crippen molar-refractivity contribution in [1.29, 1.82) is 0 Å². The van der Waals surface area contributed by atoms with Crippen molar-refractivity contribution in [2.24, 2.45) is 0 Å². The first-order valence-electron chi connectivity index (χ1n) is 5.79. The highest BCUT2D eigenvalue weighted by molar-refractivity contribution is 7.99. The largest absolute Gasteiger partial charge is 0.491 e. The van der Waals surface area contributed by atoms with Crippen LogP contribution in [0, 0.1) is 5.82 Å². The standard InChI is InChI=1S/C12H12FN3O3S/c1-2-19-10-4-3-8(5-9(10)13)16-7-14-15-12(16)20-6-11(17)18/h3-5,7H,2,6H2,1H3,(H,17,18). The highest BCUT2D eigenvalue weighted by Crippen LogP contribution is 2.24. The second kappa shape index (κ2) is 6.38. The van der Waals surface area contributed by atoms with Crippen LogP contribution in [0.25, 0.3) is 5.69 Å². The van der Waals surface area contributed by atoms with E-state index < -0.39 is 11.8 Å². The molecule has 0 aliphatic rings. The molecule has 1 aromatic heterocycles. The van der Waals surface area contributed by atoms with Crippen LogP contribution in [-0.2, 0) is 4.79 Å². The zero-order chi connectivity index (χ0) is 14.5. The van der Waals surface area contributed by atoms with E-state index in [2.05, 4.69) is 10.2 Å². The molecule has 0 aliphatic carbocycles. The zero-order valence-electron chi connectivity index (χ0n) is 10.6. The van der Waals surface area contributed by atoms with E-state index in [1.165, 1.54) is 23.0 Å². The first kappa shape index (κ1) is 14.3. The second-order valence-electron chi connectivity index (χ2n) is 3.71. The Kier molecular flexibility index (Phi) is 4.57. The van der Waals surface area contributed by atoms with Crippen molar-refractivity contribution < 1.29 is 19.0 Å². The van der Waals surface area contributed by atoms with Crippen LogP contribution in [0.1, 0.15) is 6.92 Å². The maximum Gasteiger partial charge on any atom is 0.313 e. The molecule has 1 aromatic carbocycles. The summed E-state index contributed by atoms with van der Waals surface area (Å²) in [5.41, 5.74) is 0.504. The van der Waals surface area contributed by atoms with E-state index in [0.29, 0.717) is 17.5 Å². The van der Waals surface area contributed by atoms with E-state index in [-0.39, 0.29) is 11.5 Å². The number of hydrogen-bond acceptors (Lipinski definition) is 5. The van der Waals surface area contributed by atoms with Gasteiger partial charge in [-0.05, 0) is 19.1 Å². The van der Waals surface area contributed by atoms with Gasteiger partial charge in [0.1, 0.15) is 6.33 Å². The fraction of sp³-hybridized carbons (Fsp3) is 0.250. The average Bonchev–Trinajstić information content (AvgIpc) is 2.87. The summed E-state index contributed by atoms with van der Waals surface area (Å²) in [5.74, 6) is -1.42. The monoisotopic (exact) mass is 297 g/mol. The van der Waals surface area contributed by atoms with Crippen molar-refractivity contribution in [3.05, 3.63) is 30.3 Å². The molecular weight excluding hydrogens is 285 g/mol. The summed E-state index contributed by atoms with van der Waals surface area (Å²) in [6.07, 6.45) is 1.40. The van der Waals surface area contributed by atoms with E-state index in [1.54, 1.807) is 13.0 Å². The van der Waals surface area contributed by atoms with Crippen LogP contribution in [0.3, 0.4) is 0 Å². The first-order chi connectivity index (χ1) is 9.61. The van der Waals surface area contributed by atoms with Gasteiger partial charge in [-0.1, -0.05) is 11.8 Å². The lowest BCUT2D eigenvalue weighted by molar-refractivity contribution is -0.133. The number of benzene rings is 1. The third-order valence-corrected chi connectivity index (χ3v) is 3.26. The van der Waals surface area contributed by atoms with Gasteiger partial charge in [0.25, 0.3) is 0 Å². The molecule has 0 bridgehead atoms. The molecule has 2 rings (SSSR count). The SMILES string of the molecule is CCOc1ccc(-n2cnnc2SCC(=O)O)cc1F. The quantitative estimate of drug-likeness (QED) is 0.822. The second-order valence-corrected chi connectivity index (χ2v) is 4.66. The Morgan fingerprint density at radius 3 is 3.00 bits per heavy atom. The Bertz CT molecular complexity index is 618. The van der Waals surface area contributed by atoms with Crippen LogP contribution in [0.2, 0.25) is 0 Å². The number of aromatic nitrogens is 3. The highest BCUT2D eigenvalue weighted by atomic mass is 32.2. The van der Waals surface area contributed by atoms with Gasteiger partial charge in [0.2, 0.25) is 0 Å². The molecule has 20 heavy (non-hydrogen) atoms. The number of hydrogen-bond donors (Lipinski definition) is 1. The maximum atomic E-state index is 13.8. The lowest BCUT2D eigenvalue weighted by Gasteiger charge is -2.08. The van der Waals surface area contributed by atoms with Gasteiger partial charge in [-0.15, -0.1) is 10.2 Å². The first-order valence-corrected chi connectivity index (χ1v) is 6.77. The number of thioether (sulfide) groups is 1. The molecular formula is C12H12FN3O3S. The molecule has 0 atom stereocenters. The zero-order valence-corrected chi connectivity index (χ0v) is 11.4. The van der Waals surface area contributed by atoms with Crippen LogP contribution < -0.4 is 4.74 Å². The minimum atomic E-state index is -0.956. The summed E-state index contributed by atoms with van der Waals surface area (Å²) < 4.78 is 20.4. The van der Waals surface area contributed by atoms with Crippen molar-refractivity contribution in [1.82, 2.24) is 14.8 Å². The molecule has 1 heterocycles. The lowest BCUT2D eigenvalue weighted by Crippen LogP contribution is -2.02. The summed E-state index contributed by atoms with van der Waals surface area (Å²) in [6, 6.07) is 4.46. The molecule has 0 aliphatic heterocycles. The van der Waals surface area contributed by atoms with Gasteiger partial charge in [0.05, 0.1) is 18.0 Å². The third kappa shape index (κ3) is 3.27. The van der Waals surface area contributed by atoms with E-state index >= 15 is 0 Å². The molecule has 0 amide bonds. The minimum absolute atomic E-state index is 0.141. The van der Waals surface area contributed by atoms with Crippen LogP contribution in [0.15, 0.2) is 29.7 Å². The molecule has 2 aromatic rings. The number of halogens is 1. The summed E-state index contributed by atoms with van der Waals surface area (Å²) in [5, 5.41) is 16.6. The van der Waals surface area contributed by atoms with Gasteiger partial charge < -0.3 is 9.84 Å². The fourth-order valence-corrected chi connectivity index (χ4v) is 2.19. The summed E-state index contributed by atoms with van der Waals surface area (Å²) in [7, 11) is 0. The topological polar surface area (TPSA) is 77.2 Å². The summed E-state index contributed by atoms with van der Waals surface area (Å²) >= 11 is 1.01. The number of ether oxygens (including phenoxy) is 1. The van der Waals surface area contributed by atoms with Crippen LogP contribution in [0.5, 0.6) is 5.75 Å². The Labute approximate surface area is 118 Å². The van der Waals surface area contributed by atoms with Crippen LogP contribution >= 0.6 is 11.8 Å². The number of rotatable bonds is 6. The molecule has 8 heteroatoms. The number of carboxylic acids is 1. The molecule has 0 unspecified atom stereocenters. The predicted molar refractivity (Wildman–Crippen MR) is 70.8 cm³/mol. The van der Waals surface area contributed by atoms with Gasteiger partial charge >= 0.3 is 5.97 Å². The molecule has 6 nitrogen and oxygen atoms in total. The van der Waals surface area contributed by atoms with Crippen molar-refractivity contribution in [3.63, 3.8) is 0 Å². The summed E-state index contributed by atoms with van der Waals surface area (Å²) in [4.78, 5) is 10.6. The molecule has 0 fully saturated rings. The van der Waals surface area contributed by atoms with Crippen molar-refractivity contribution >= 4 is 17.7 Å². The number of nitrogens with zero attached hydrogens (tertiary/aromatic N) is 3. The average molecular weight is 297 g/mol. The fourth-order valence-electron chi connectivity index (χ4n) is 1.54. The van der Waals surface area contributed by atoms with E-state index in [0.717, 1.165) is 11.8 Å². The van der Waals surface area contributed by atoms with Gasteiger partial charge in [-0.25, -0.2) is 4.39 Å². The van der Waals surface area contributed by atoms with Gasteiger partial charge in [-0.3, -0.25) is 9.36 Å². The predicted octanol–water partition coefficient (Wildman–Crippen LogP) is 1.98. The van der Waals surface area contributed by atoms with Gasteiger partial charge in [0, 0.05) is 6.07 Å². The minimum Gasteiger partial charge on any atom is -0.491 e. The number of aliphatic carboxylic acids is 1. The van der Waals surface area contributed by atoms with Crippen molar-refractivity contribution in [2.75, 3.05) is 12.4 Å².